The molecular formula is C19H13N5O2. The van der Waals surface area contributed by atoms with Gasteiger partial charge in [-0.25, -0.2) is 0 Å². The number of nitrogens with two attached hydrogens (primary N) is 1. The summed E-state index contributed by atoms with van der Waals surface area (Å²) >= 11 is 0. The van der Waals surface area contributed by atoms with E-state index in [1.54, 1.807) is 12.1 Å². The van der Waals surface area contributed by atoms with E-state index >= 15 is 0 Å². The maximum Gasteiger partial charge on any atom is 0.273 e. The monoisotopic (exact) mass is 343 g/mol. The molecule has 26 heavy (non-hydrogen) atoms. The van der Waals surface area contributed by atoms with Gasteiger partial charge in [0.15, 0.2) is 0 Å². The van der Waals surface area contributed by atoms with Gasteiger partial charge in [-0.3, -0.25) is 19.1 Å². The number of aryl methyl sites for hydroxylation is 1. The second kappa shape index (κ2) is 5.57. The lowest BCUT2D eigenvalue weighted by molar-refractivity contribution is 0.0995. The molecule has 0 aliphatic carbocycles. The van der Waals surface area contributed by atoms with E-state index in [0.717, 1.165) is 16.4 Å². The topological polar surface area (TPSA) is 107 Å². The zero-order chi connectivity index (χ0) is 18.4. The molecule has 0 atom stereocenters. The average Bonchev–Trinajstić information content (AvgIpc) is 2.94. The van der Waals surface area contributed by atoms with Crippen molar-refractivity contribution in [3.63, 3.8) is 0 Å². The Morgan fingerprint density at radius 1 is 1.19 bits per heavy atom. The predicted octanol–water partition coefficient (Wildman–Crippen LogP) is 1.85. The fraction of sp³-hybridized carbons (Fsp3) is 0.0526. The summed E-state index contributed by atoms with van der Waals surface area (Å²) in [7, 11) is 1.88. The normalized spacial score (nSPS) is 10.9. The molecule has 0 spiro atoms. The number of benzene rings is 1. The Morgan fingerprint density at radius 3 is 2.69 bits per heavy atom. The SMILES string of the molecule is Cn1c2ccccc2c2c1cc(C#N)c(=O)n2-c1ccnc(C(N)=O)c1. The Labute approximate surface area is 147 Å². The summed E-state index contributed by atoms with van der Waals surface area (Å²) in [5, 5.41) is 10.3. The van der Waals surface area contributed by atoms with Gasteiger partial charge >= 0.3 is 0 Å². The Balaban J connectivity index is 2.25. The molecule has 2 N–H and O–H groups in total. The van der Waals surface area contributed by atoms with Crippen molar-refractivity contribution in [2.24, 2.45) is 12.8 Å². The van der Waals surface area contributed by atoms with E-state index in [1.165, 1.54) is 16.8 Å². The number of rotatable bonds is 2. The van der Waals surface area contributed by atoms with Crippen LogP contribution >= 0.6 is 0 Å². The van der Waals surface area contributed by atoms with Crippen LogP contribution in [0.4, 0.5) is 0 Å². The maximum absolute atomic E-state index is 12.9. The molecule has 7 nitrogen and oxygen atoms in total. The number of nitrogens with zero attached hydrogens (tertiary/aromatic N) is 4. The predicted molar refractivity (Wildman–Crippen MR) is 97.0 cm³/mol. The molecule has 1 aromatic carbocycles. The van der Waals surface area contributed by atoms with Crippen molar-refractivity contribution in [1.82, 2.24) is 14.1 Å². The third kappa shape index (κ3) is 2.09. The summed E-state index contributed by atoms with van der Waals surface area (Å²) in [6.07, 6.45) is 1.41. The highest BCUT2D eigenvalue weighted by Gasteiger charge is 2.18. The number of fused-ring (bicyclic) bond motifs is 3. The van der Waals surface area contributed by atoms with Gasteiger partial charge in [-0.1, -0.05) is 18.2 Å². The first-order chi connectivity index (χ1) is 12.5. The molecule has 0 fully saturated rings. The average molecular weight is 343 g/mol. The largest absolute Gasteiger partial charge is 0.364 e. The minimum absolute atomic E-state index is 0.0147. The van der Waals surface area contributed by atoms with Gasteiger partial charge in [0.05, 0.1) is 22.2 Å². The fourth-order valence-corrected chi connectivity index (χ4v) is 3.23. The highest BCUT2D eigenvalue weighted by molar-refractivity contribution is 6.07. The van der Waals surface area contributed by atoms with Crippen LogP contribution < -0.4 is 11.3 Å². The van der Waals surface area contributed by atoms with Crippen molar-refractivity contribution in [2.45, 2.75) is 0 Å². The third-order valence-electron chi connectivity index (χ3n) is 4.44. The molecule has 3 heterocycles. The Kier molecular flexibility index (Phi) is 3.34. The number of nitriles is 1. The molecule has 3 aromatic heterocycles. The van der Waals surface area contributed by atoms with Gasteiger partial charge in [0.25, 0.3) is 11.5 Å². The van der Waals surface area contributed by atoms with Gasteiger partial charge in [-0.05, 0) is 24.3 Å². The van der Waals surface area contributed by atoms with Crippen LogP contribution in [-0.4, -0.2) is 20.0 Å². The van der Waals surface area contributed by atoms with Crippen LogP contribution in [0.25, 0.3) is 27.6 Å². The van der Waals surface area contributed by atoms with Crippen molar-refractivity contribution in [3.05, 3.63) is 70.3 Å². The standard InChI is InChI=1S/C19H13N5O2/c1-23-15-5-3-2-4-13(15)17-16(23)8-11(10-20)19(26)24(17)12-6-7-22-14(9-12)18(21)25/h2-9H,1H3,(H2,21,25). The second-order valence-electron chi connectivity index (χ2n) is 5.88. The maximum atomic E-state index is 12.9. The lowest BCUT2D eigenvalue weighted by Gasteiger charge is -2.10. The molecule has 4 aromatic rings. The summed E-state index contributed by atoms with van der Waals surface area (Å²) in [6, 6.07) is 14.2. The first-order valence-electron chi connectivity index (χ1n) is 7.82. The van der Waals surface area contributed by atoms with E-state index in [4.69, 9.17) is 5.73 Å². The number of pyridine rings is 2. The number of hydrogen-bond donors (Lipinski definition) is 1. The summed E-state index contributed by atoms with van der Waals surface area (Å²) in [5.41, 5.74) is 7.67. The lowest BCUT2D eigenvalue weighted by Crippen LogP contribution is -2.22. The summed E-state index contributed by atoms with van der Waals surface area (Å²) < 4.78 is 3.36. The molecule has 0 unspecified atom stereocenters. The third-order valence-corrected chi connectivity index (χ3v) is 4.44. The molecule has 0 aliphatic heterocycles. The van der Waals surface area contributed by atoms with Crippen LogP contribution in [-0.2, 0) is 7.05 Å². The molecule has 1 amide bonds. The second-order valence-corrected chi connectivity index (χ2v) is 5.88. The Hall–Kier alpha value is -3.92. The molecule has 126 valence electrons. The smallest absolute Gasteiger partial charge is 0.273 e. The van der Waals surface area contributed by atoms with Crippen LogP contribution in [0.15, 0.2) is 53.5 Å². The number of para-hydroxylation sites is 1. The molecule has 0 radical (unpaired) electrons. The van der Waals surface area contributed by atoms with E-state index in [0.29, 0.717) is 11.2 Å². The van der Waals surface area contributed by atoms with Gasteiger partial charge in [-0.15, -0.1) is 0 Å². The number of primary amides is 1. The van der Waals surface area contributed by atoms with Crippen LogP contribution in [0.3, 0.4) is 0 Å². The van der Waals surface area contributed by atoms with Crippen molar-refractivity contribution >= 4 is 27.8 Å². The van der Waals surface area contributed by atoms with Crippen molar-refractivity contribution in [2.75, 3.05) is 0 Å². The highest BCUT2D eigenvalue weighted by Crippen LogP contribution is 2.29. The number of carbonyl (C=O) groups is 1. The number of aromatic nitrogens is 3. The molecule has 0 saturated heterocycles. The first-order valence-corrected chi connectivity index (χ1v) is 7.82. The van der Waals surface area contributed by atoms with Crippen molar-refractivity contribution in [3.8, 4) is 11.8 Å². The Morgan fingerprint density at radius 2 is 1.96 bits per heavy atom. The van der Waals surface area contributed by atoms with Gasteiger partial charge < -0.3 is 10.3 Å². The van der Waals surface area contributed by atoms with Crippen molar-refractivity contribution in [1.29, 1.82) is 5.26 Å². The molecular weight excluding hydrogens is 330 g/mol. The summed E-state index contributed by atoms with van der Waals surface area (Å²) in [6.45, 7) is 0. The minimum atomic E-state index is -0.689. The molecule has 7 heteroatoms. The van der Waals surface area contributed by atoms with Gasteiger partial charge in [-0.2, -0.15) is 5.26 Å². The quantitative estimate of drug-likeness (QED) is 0.599. The van der Waals surface area contributed by atoms with E-state index in [2.05, 4.69) is 4.98 Å². The van der Waals surface area contributed by atoms with Crippen LogP contribution in [0.5, 0.6) is 0 Å². The van der Waals surface area contributed by atoms with Gasteiger partial charge in [0, 0.05) is 18.6 Å². The number of amides is 1. The van der Waals surface area contributed by atoms with Gasteiger partial charge in [0.1, 0.15) is 17.3 Å². The zero-order valence-corrected chi connectivity index (χ0v) is 13.8. The van der Waals surface area contributed by atoms with E-state index in [1.807, 2.05) is 41.9 Å². The fourth-order valence-electron chi connectivity index (χ4n) is 3.23. The Bertz CT molecular complexity index is 1310. The van der Waals surface area contributed by atoms with E-state index in [9.17, 15) is 14.9 Å². The lowest BCUT2D eigenvalue weighted by atomic mass is 10.2. The van der Waals surface area contributed by atoms with E-state index in [-0.39, 0.29) is 11.3 Å². The van der Waals surface area contributed by atoms with Crippen LogP contribution in [0.1, 0.15) is 16.1 Å². The molecule has 0 saturated carbocycles. The molecule has 0 bridgehead atoms. The minimum Gasteiger partial charge on any atom is -0.364 e. The highest BCUT2D eigenvalue weighted by atomic mass is 16.1. The van der Waals surface area contributed by atoms with Crippen molar-refractivity contribution < 1.29 is 4.79 Å². The van der Waals surface area contributed by atoms with E-state index < -0.39 is 11.5 Å². The molecule has 0 aliphatic rings. The first kappa shape index (κ1) is 15.6. The summed E-state index contributed by atoms with van der Waals surface area (Å²) in [4.78, 5) is 28.4. The van der Waals surface area contributed by atoms with Crippen LogP contribution in [0, 0.1) is 11.3 Å². The summed E-state index contributed by atoms with van der Waals surface area (Å²) in [5.74, 6) is -0.689. The van der Waals surface area contributed by atoms with Gasteiger partial charge in [0.2, 0.25) is 0 Å². The zero-order valence-electron chi connectivity index (χ0n) is 13.8. The number of carbonyl (C=O) groups excluding carboxylic acids is 1. The number of hydrogen-bond acceptors (Lipinski definition) is 4. The van der Waals surface area contributed by atoms with Crippen LogP contribution in [0.2, 0.25) is 0 Å². The molecule has 4 rings (SSSR count).